The van der Waals surface area contributed by atoms with Crippen molar-refractivity contribution in [1.82, 2.24) is 0 Å². The summed E-state index contributed by atoms with van der Waals surface area (Å²) in [6.45, 7) is 20.7. The van der Waals surface area contributed by atoms with Crippen molar-refractivity contribution in [3.05, 3.63) is 100 Å². The predicted octanol–water partition coefficient (Wildman–Crippen LogP) is 11.0. The molecule has 0 radical (unpaired) electrons. The second-order valence-corrected chi connectivity index (χ2v) is 15.1. The number of hydrogen-bond acceptors (Lipinski definition) is 0. The standard InChI is InChI=1S/C40H50/c1-25-17-27(3)37(23-34-19-29-12-15-31(34)16-13-29)39(18-25)35-10-8-9-32-20-30(22-38(32)35)21-36-26(2)11-14-33(28(36)4)24-40(5,6)7/h8-11,14,17-18,20,29,31,33-34,36H,2,4,12-13,15-16,19,21-24H2,1,3,5-7H3. The average molecular weight is 531 g/mol. The van der Waals surface area contributed by atoms with Crippen molar-refractivity contribution in [2.45, 2.75) is 92.4 Å². The fourth-order valence-corrected chi connectivity index (χ4v) is 8.71. The van der Waals surface area contributed by atoms with Crippen LogP contribution in [0.25, 0.3) is 17.2 Å². The van der Waals surface area contributed by atoms with Gasteiger partial charge in [0.2, 0.25) is 0 Å². The summed E-state index contributed by atoms with van der Waals surface area (Å²) in [5.74, 6) is 3.60. The van der Waals surface area contributed by atoms with E-state index in [0.717, 1.165) is 37.0 Å². The molecule has 3 saturated carbocycles. The Bertz CT molecular complexity index is 1380. The van der Waals surface area contributed by atoms with Crippen LogP contribution in [0.3, 0.4) is 0 Å². The zero-order valence-electron chi connectivity index (χ0n) is 25.8. The molecule has 3 fully saturated rings. The van der Waals surface area contributed by atoms with Gasteiger partial charge in [-0.05, 0) is 127 Å². The highest BCUT2D eigenvalue weighted by atomic mass is 14.4. The zero-order chi connectivity index (χ0) is 28.2. The van der Waals surface area contributed by atoms with E-state index in [1.165, 1.54) is 88.6 Å². The van der Waals surface area contributed by atoms with Crippen LogP contribution in [0, 0.1) is 48.9 Å². The first kappa shape index (κ1) is 27.6. The first-order chi connectivity index (χ1) is 19.1. The van der Waals surface area contributed by atoms with E-state index in [-0.39, 0.29) is 0 Å². The highest BCUT2D eigenvalue weighted by molar-refractivity contribution is 5.80. The fourth-order valence-electron chi connectivity index (χ4n) is 8.71. The summed E-state index contributed by atoms with van der Waals surface area (Å²) in [6.07, 6.45) is 19.0. The lowest BCUT2D eigenvalue weighted by molar-refractivity contribution is 0.0991. The van der Waals surface area contributed by atoms with Crippen molar-refractivity contribution in [2.75, 3.05) is 0 Å². The second-order valence-electron chi connectivity index (χ2n) is 15.1. The predicted molar refractivity (Wildman–Crippen MR) is 173 cm³/mol. The van der Waals surface area contributed by atoms with Gasteiger partial charge in [-0.15, -0.1) is 0 Å². The van der Waals surface area contributed by atoms with Crippen molar-refractivity contribution in [2.24, 2.45) is 35.0 Å². The van der Waals surface area contributed by atoms with E-state index < -0.39 is 0 Å². The molecule has 0 amide bonds. The van der Waals surface area contributed by atoms with Gasteiger partial charge in [0.15, 0.2) is 0 Å². The Kier molecular flexibility index (Phi) is 7.35. The fraction of sp³-hybridized carbons (Fsp3) is 0.500. The number of allylic oxidation sites excluding steroid dienone is 5. The first-order valence-corrected chi connectivity index (χ1v) is 16.0. The maximum atomic E-state index is 4.63. The summed E-state index contributed by atoms with van der Waals surface area (Å²) in [6, 6.07) is 11.9. The number of fused-ring (bicyclic) bond motifs is 4. The van der Waals surface area contributed by atoms with Crippen molar-refractivity contribution < 1.29 is 0 Å². The summed E-state index contributed by atoms with van der Waals surface area (Å²) in [4.78, 5) is 0. The molecule has 0 aromatic heterocycles. The molecule has 0 aliphatic heterocycles. The molecule has 0 spiro atoms. The van der Waals surface area contributed by atoms with Crippen LogP contribution in [-0.2, 0) is 12.8 Å². The number of rotatable bonds is 6. The van der Waals surface area contributed by atoms with Gasteiger partial charge in [0.25, 0.3) is 0 Å². The van der Waals surface area contributed by atoms with Gasteiger partial charge in [-0.1, -0.05) is 112 Å². The molecule has 3 atom stereocenters. The van der Waals surface area contributed by atoms with Gasteiger partial charge in [0.05, 0.1) is 0 Å². The molecule has 0 N–H and O–H groups in total. The minimum atomic E-state index is 0.291. The average Bonchev–Trinajstić information content (AvgIpc) is 3.33. The molecule has 5 aliphatic carbocycles. The van der Waals surface area contributed by atoms with Gasteiger partial charge in [0.1, 0.15) is 0 Å². The van der Waals surface area contributed by atoms with Crippen molar-refractivity contribution >= 4 is 6.08 Å². The van der Waals surface area contributed by atoms with Crippen LogP contribution < -0.4 is 0 Å². The monoisotopic (exact) mass is 530 g/mol. The van der Waals surface area contributed by atoms with E-state index in [0.29, 0.717) is 17.3 Å². The normalized spacial score (nSPS) is 27.7. The molecule has 0 nitrogen and oxygen atoms in total. The Labute approximate surface area is 244 Å². The molecular weight excluding hydrogens is 480 g/mol. The minimum absolute atomic E-state index is 0.291. The van der Waals surface area contributed by atoms with Crippen molar-refractivity contribution in [3.63, 3.8) is 0 Å². The van der Waals surface area contributed by atoms with Gasteiger partial charge in [-0.25, -0.2) is 0 Å². The van der Waals surface area contributed by atoms with Crippen LogP contribution in [0.2, 0.25) is 0 Å². The molecule has 2 bridgehead atoms. The lowest BCUT2D eigenvalue weighted by Gasteiger charge is -2.43. The van der Waals surface area contributed by atoms with E-state index in [1.54, 1.807) is 5.56 Å². The summed E-state index contributed by atoms with van der Waals surface area (Å²) < 4.78 is 0. The quantitative estimate of drug-likeness (QED) is 0.326. The Morgan fingerprint density at radius 2 is 1.70 bits per heavy atom. The van der Waals surface area contributed by atoms with Crippen LogP contribution in [0.5, 0.6) is 0 Å². The van der Waals surface area contributed by atoms with Gasteiger partial charge in [0, 0.05) is 5.92 Å². The third-order valence-corrected chi connectivity index (χ3v) is 10.8. The number of hydrogen-bond donors (Lipinski definition) is 0. The van der Waals surface area contributed by atoms with Gasteiger partial charge in [-0.3, -0.25) is 0 Å². The topological polar surface area (TPSA) is 0 Å². The molecule has 7 rings (SSSR count). The Balaban J connectivity index is 1.26. The van der Waals surface area contributed by atoms with Crippen molar-refractivity contribution in [3.8, 4) is 11.1 Å². The molecule has 0 heteroatoms. The molecule has 3 unspecified atom stereocenters. The van der Waals surface area contributed by atoms with E-state index in [1.807, 2.05) is 0 Å². The summed E-state index contributed by atoms with van der Waals surface area (Å²) in [7, 11) is 0. The molecule has 40 heavy (non-hydrogen) atoms. The Hall–Kier alpha value is -2.60. The zero-order valence-corrected chi connectivity index (χ0v) is 25.8. The van der Waals surface area contributed by atoms with E-state index in [4.69, 9.17) is 0 Å². The number of benzene rings is 2. The third kappa shape index (κ3) is 5.48. The Morgan fingerprint density at radius 1 is 0.925 bits per heavy atom. The molecule has 2 aromatic carbocycles. The maximum absolute atomic E-state index is 4.63. The summed E-state index contributed by atoms with van der Waals surface area (Å²) in [5.41, 5.74) is 14.8. The number of aryl methyl sites for hydroxylation is 2. The van der Waals surface area contributed by atoms with Gasteiger partial charge < -0.3 is 0 Å². The molecule has 0 saturated heterocycles. The largest absolute Gasteiger partial charge is 0.0986 e. The maximum Gasteiger partial charge on any atom is 0.00827 e. The lowest BCUT2D eigenvalue weighted by Crippen LogP contribution is -2.32. The lowest BCUT2D eigenvalue weighted by atomic mass is 9.63. The Morgan fingerprint density at radius 3 is 2.40 bits per heavy atom. The van der Waals surface area contributed by atoms with E-state index in [9.17, 15) is 0 Å². The summed E-state index contributed by atoms with van der Waals surface area (Å²) in [5, 5.41) is 0. The molecule has 210 valence electrons. The van der Waals surface area contributed by atoms with E-state index in [2.05, 4.69) is 96.3 Å². The second kappa shape index (κ2) is 10.7. The molecule has 2 aromatic rings. The minimum Gasteiger partial charge on any atom is -0.0986 e. The van der Waals surface area contributed by atoms with Gasteiger partial charge in [-0.2, -0.15) is 0 Å². The third-order valence-electron chi connectivity index (χ3n) is 10.8. The highest BCUT2D eigenvalue weighted by Crippen LogP contribution is 2.48. The molecule has 0 heterocycles. The smallest absolute Gasteiger partial charge is 0.00827 e. The van der Waals surface area contributed by atoms with Crippen LogP contribution in [0.15, 0.2) is 72.4 Å². The van der Waals surface area contributed by atoms with Crippen molar-refractivity contribution in [1.29, 1.82) is 0 Å². The van der Waals surface area contributed by atoms with Crippen LogP contribution in [0.1, 0.15) is 93.5 Å². The van der Waals surface area contributed by atoms with Crippen LogP contribution >= 0.6 is 0 Å². The molecular formula is C40H50. The SMILES string of the molecule is C=C1C=CC(CC(C)(C)C)C(=C)C1CC1=Cc2cccc(-c3cc(C)cc(C)c3CC3CC4CCC3CC4)c2C1. The first-order valence-electron chi connectivity index (χ1n) is 16.0. The summed E-state index contributed by atoms with van der Waals surface area (Å²) >= 11 is 0. The van der Waals surface area contributed by atoms with Crippen LogP contribution in [-0.4, -0.2) is 0 Å². The van der Waals surface area contributed by atoms with Crippen LogP contribution in [0.4, 0.5) is 0 Å². The van der Waals surface area contributed by atoms with E-state index >= 15 is 0 Å². The molecule has 5 aliphatic rings. The van der Waals surface area contributed by atoms with Gasteiger partial charge >= 0.3 is 0 Å². The highest BCUT2D eigenvalue weighted by Gasteiger charge is 2.36.